The molecule has 0 amide bonds. The van der Waals surface area contributed by atoms with Crippen molar-refractivity contribution in [3.8, 4) is 5.75 Å². The molecule has 31 heavy (non-hydrogen) atoms. The zero-order valence-corrected chi connectivity index (χ0v) is 17.4. The maximum absolute atomic E-state index is 13.5. The molecule has 164 valence electrons. The molecule has 0 unspecified atom stereocenters. The fourth-order valence-corrected chi connectivity index (χ4v) is 4.66. The molecule has 2 aliphatic rings. The van der Waals surface area contributed by atoms with E-state index in [9.17, 15) is 13.2 Å². The summed E-state index contributed by atoms with van der Waals surface area (Å²) in [6.45, 7) is 1.87. The molecular weight excluding hydrogens is 407 g/mol. The van der Waals surface area contributed by atoms with Crippen molar-refractivity contribution in [3.63, 3.8) is 0 Å². The molecule has 0 bridgehead atoms. The smallest absolute Gasteiger partial charge is 0.259 e. The fourth-order valence-electron chi connectivity index (χ4n) is 4.66. The highest BCUT2D eigenvalue weighted by atomic mass is 19.3. The van der Waals surface area contributed by atoms with Gasteiger partial charge in [0.2, 0.25) is 0 Å². The van der Waals surface area contributed by atoms with Gasteiger partial charge in [-0.15, -0.1) is 10.2 Å². The highest BCUT2D eigenvalue weighted by molar-refractivity contribution is 5.54. The second-order valence-electron chi connectivity index (χ2n) is 8.60. The van der Waals surface area contributed by atoms with E-state index < -0.39 is 17.4 Å². The minimum absolute atomic E-state index is 0.0000283. The Balaban J connectivity index is 1.31. The van der Waals surface area contributed by atoms with Gasteiger partial charge in [0, 0.05) is 25.3 Å². The largest absolute Gasteiger partial charge is 0.490 e. The van der Waals surface area contributed by atoms with Crippen LogP contribution in [0.4, 0.5) is 13.2 Å². The van der Waals surface area contributed by atoms with Gasteiger partial charge in [-0.1, -0.05) is 12.1 Å². The maximum Gasteiger partial charge on any atom is 0.259 e. The Kier molecular flexibility index (Phi) is 4.73. The van der Waals surface area contributed by atoms with Crippen LogP contribution in [0, 0.1) is 12.7 Å². The van der Waals surface area contributed by atoms with Gasteiger partial charge >= 0.3 is 0 Å². The summed E-state index contributed by atoms with van der Waals surface area (Å²) in [5.41, 5.74) is 1.86. The lowest BCUT2D eigenvalue weighted by molar-refractivity contribution is -0.0650. The Morgan fingerprint density at radius 2 is 1.74 bits per heavy atom. The standard InChI is InChI=1S/C23H24F3N3O2/c1-14-19(9-12-29-20(14)27-28-21(29)18-13-23(18,25)26)31-17-7-10-22(30-2,11-8-17)15-3-5-16(24)6-4-15/h3-6,9,12,17-18H,7-8,10-11,13H2,1-2H3/t17-,18-,22+/m1/s1. The number of hydrogen-bond acceptors (Lipinski definition) is 4. The van der Waals surface area contributed by atoms with E-state index in [1.165, 1.54) is 12.1 Å². The molecule has 0 N–H and O–H groups in total. The predicted octanol–water partition coefficient (Wildman–Crippen LogP) is 5.16. The number of ether oxygens (including phenoxy) is 2. The second kappa shape index (κ2) is 7.22. The summed E-state index contributed by atoms with van der Waals surface area (Å²) in [4.78, 5) is 0. The molecule has 2 aliphatic carbocycles. The number of halogens is 3. The molecule has 1 aromatic carbocycles. The first-order chi connectivity index (χ1) is 14.8. The Hall–Kier alpha value is -2.61. The first kappa shape index (κ1) is 20.3. The number of hydrogen-bond donors (Lipinski definition) is 0. The second-order valence-corrected chi connectivity index (χ2v) is 8.60. The quantitative estimate of drug-likeness (QED) is 0.560. The molecule has 5 nitrogen and oxygen atoms in total. The van der Waals surface area contributed by atoms with Crippen LogP contribution < -0.4 is 4.74 Å². The van der Waals surface area contributed by atoms with Crippen molar-refractivity contribution in [1.29, 1.82) is 0 Å². The number of benzene rings is 1. The number of rotatable bonds is 5. The molecule has 2 heterocycles. The van der Waals surface area contributed by atoms with Crippen molar-refractivity contribution >= 4 is 5.65 Å². The average molecular weight is 431 g/mol. The summed E-state index contributed by atoms with van der Waals surface area (Å²) in [5, 5.41) is 8.14. The van der Waals surface area contributed by atoms with Gasteiger partial charge in [0.05, 0.1) is 17.6 Å². The zero-order chi connectivity index (χ0) is 21.8. The third-order valence-electron chi connectivity index (χ3n) is 6.73. The van der Waals surface area contributed by atoms with E-state index >= 15 is 0 Å². The summed E-state index contributed by atoms with van der Waals surface area (Å²) in [7, 11) is 1.69. The minimum atomic E-state index is -2.69. The van der Waals surface area contributed by atoms with Crippen molar-refractivity contribution in [3.05, 3.63) is 59.3 Å². The van der Waals surface area contributed by atoms with Gasteiger partial charge in [0.1, 0.15) is 17.4 Å². The van der Waals surface area contributed by atoms with E-state index in [1.807, 2.05) is 6.92 Å². The van der Waals surface area contributed by atoms with Crippen molar-refractivity contribution in [1.82, 2.24) is 14.6 Å². The number of pyridine rings is 1. The SMILES string of the molecule is CO[C@]1(c2ccc(F)cc2)CC[C@H](Oc2ccn3c([C@H]4CC4(F)F)nnc3c2C)CC1. The van der Waals surface area contributed by atoms with Gasteiger partial charge in [-0.05, 0) is 56.4 Å². The summed E-state index contributed by atoms with van der Waals surface area (Å²) < 4.78 is 54.0. The van der Waals surface area contributed by atoms with Crippen molar-refractivity contribution < 1.29 is 22.6 Å². The van der Waals surface area contributed by atoms with E-state index in [0.29, 0.717) is 17.2 Å². The van der Waals surface area contributed by atoms with Crippen LogP contribution in [0.25, 0.3) is 5.65 Å². The molecule has 3 aromatic rings. The average Bonchev–Trinajstić information content (AvgIpc) is 3.19. The topological polar surface area (TPSA) is 48.7 Å². The first-order valence-corrected chi connectivity index (χ1v) is 10.5. The van der Waals surface area contributed by atoms with Crippen molar-refractivity contribution in [2.75, 3.05) is 7.11 Å². The van der Waals surface area contributed by atoms with Crippen LogP contribution in [-0.2, 0) is 10.3 Å². The molecule has 8 heteroatoms. The van der Waals surface area contributed by atoms with Crippen LogP contribution in [0.1, 0.15) is 55.0 Å². The van der Waals surface area contributed by atoms with Crippen LogP contribution in [-0.4, -0.2) is 33.7 Å². The van der Waals surface area contributed by atoms with Gasteiger partial charge in [-0.3, -0.25) is 4.40 Å². The normalized spacial score (nSPS) is 27.4. The molecule has 2 fully saturated rings. The molecule has 2 aromatic heterocycles. The number of methoxy groups -OCH3 is 1. The Morgan fingerprint density at radius 1 is 1.06 bits per heavy atom. The molecule has 5 rings (SSSR count). The van der Waals surface area contributed by atoms with Crippen LogP contribution in [0.2, 0.25) is 0 Å². The zero-order valence-electron chi connectivity index (χ0n) is 17.4. The Labute approximate surface area is 178 Å². The van der Waals surface area contributed by atoms with Crippen molar-refractivity contribution in [2.24, 2.45) is 0 Å². The number of aromatic nitrogens is 3. The molecular formula is C23H24F3N3O2. The lowest BCUT2D eigenvalue weighted by Crippen LogP contribution is -2.37. The lowest BCUT2D eigenvalue weighted by Gasteiger charge is -2.39. The third kappa shape index (κ3) is 3.46. The van der Waals surface area contributed by atoms with Crippen LogP contribution in [0.5, 0.6) is 5.75 Å². The van der Waals surface area contributed by atoms with Crippen LogP contribution in [0.3, 0.4) is 0 Å². The summed E-state index contributed by atoms with van der Waals surface area (Å²) in [6, 6.07) is 8.28. The van der Waals surface area contributed by atoms with Gasteiger partial charge in [-0.2, -0.15) is 0 Å². The van der Waals surface area contributed by atoms with E-state index in [1.54, 1.807) is 35.9 Å². The molecule has 0 aliphatic heterocycles. The minimum Gasteiger partial charge on any atom is -0.490 e. The maximum atomic E-state index is 13.5. The van der Waals surface area contributed by atoms with E-state index in [4.69, 9.17) is 9.47 Å². The lowest BCUT2D eigenvalue weighted by atomic mass is 9.78. The molecule has 0 saturated heterocycles. The van der Waals surface area contributed by atoms with Gasteiger partial charge in [-0.25, -0.2) is 13.2 Å². The summed E-state index contributed by atoms with van der Waals surface area (Å²) >= 11 is 0. The fraction of sp³-hybridized carbons (Fsp3) is 0.478. The van der Waals surface area contributed by atoms with E-state index in [0.717, 1.165) is 36.8 Å². The summed E-state index contributed by atoms with van der Waals surface area (Å²) in [6.07, 6.45) is 4.61. The van der Waals surface area contributed by atoms with Gasteiger partial charge < -0.3 is 9.47 Å². The number of alkyl halides is 2. The number of aryl methyl sites for hydroxylation is 1. The first-order valence-electron chi connectivity index (χ1n) is 10.5. The predicted molar refractivity (Wildman–Crippen MR) is 108 cm³/mol. The molecule has 1 atom stereocenters. The molecule has 0 spiro atoms. The highest BCUT2D eigenvalue weighted by Crippen LogP contribution is 2.55. The van der Waals surface area contributed by atoms with Gasteiger partial charge in [0.25, 0.3) is 5.92 Å². The Bertz CT molecular complexity index is 1110. The number of fused-ring (bicyclic) bond motifs is 1. The highest BCUT2D eigenvalue weighted by Gasteiger charge is 2.60. The number of nitrogens with zero attached hydrogens (tertiary/aromatic N) is 3. The monoisotopic (exact) mass is 431 g/mol. The molecule has 0 radical (unpaired) electrons. The van der Waals surface area contributed by atoms with E-state index in [-0.39, 0.29) is 18.3 Å². The summed E-state index contributed by atoms with van der Waals surface area (Å²) in [5.74, 6) is -2.82. The van der Waals surface area contributed by atoms with Crippen molar-refractivity contribution in [2.45, 2.75) is 62.6 Å². The third-order valence-corrected chi connectivity index (χ3v) is 6.73. The van der Waals surface area contributed by atoms with Crippen LogP contribution in [0.15, 0.2) is 36.5 Å². The van der Waals surface area contributed by atoms with E-state index in [2.05, 4.69) is 10.2 Å². The van der Waals surface area contributed by atoms with Gasteiger partial charge in [0.15, 0.2) is 5.65 Å². The van der Waals surface area contributed by atoms with Crippen LogP contribution >= 0.6 is 0 Å². The molecule has 2 saturated carbocycles. The Morgan fingerprint density at radius 3 is 2.35 bits per heavy atom.